The number of carbonyl (C=O) groups is 1. The molecule has 4 heterocycles. The molecule has 1 N–H and O–H groups in total. The smallest absolute Gasteiger partial charge is 0.225 e. The van der Waals surface area contributed by atoms with Crippen molar-refractivity contribution in [2.45, 2.75) is 25.9 Å². The van der Waals surface area contributed by atoms with Crippen LogP contribution >= 0.6 is 0 Å². The second kappa shape index (κ2) is 8.49. The van der Waals surface area contributed by atoms with E-state index in [1.54, 1.807) is 6.26 Å². The Kier molecular flexibility index (Phi) is 5.64. The van der Waals surface area contributed by atoms with E-state index >= 15 is 0 Å². The van der Waals surface area contributed by atoms with Gasteiger partial charge < -0.3 is 19.0 Å². The van der Waals surface area contributed by atoms with Crippen molar-refractivity contribution in [3.8, 4) is 0 Å². The molecule has 2 aromatic heterocycles. The molecule has 2 aliphatic heterocycles. The lowest BCUT2D eigenvalue weighted by atomic mass is 10.1. The van der Waals surface area contributed by atoms with Gasteiger partial charge in [-0.1, -0.05) is 6.08 Å². The van der Waals surface area contributed by atoms with Crippen LogP contribution in [0.1, 0.15) is 23.8 Å². The van der Waals surface area contributed by atoms with E-state index in [1.165, 1.54) is 0 Å². The Morgan fingerprint density at radius 1 is 1.33 bits per heavy atom. The fraction of sp³-hybridized carbons (Fsp3) is 0.526. The van der Waals surface area contributed by atoms with Gasteiger partial charge in [0.05, 0.1) is 25.3 Å². The molecule has 1 saturated heterocycles. The molecule has 0 spiro atoms. The van der Waals surface area contributed by atoms with Crippen molar-refractivity contribution in [2.24, 2.45) is 5.92 Å². The lowest BCUT2D eigenvalue weighted by Gasteiger charge is -2.17. The Morgan fingerprint density at radius 3 is 3.11 bits per heavy atom. The first-order valence-electron chi connectivity index (χ1n) is 9.48. The molecule has 27 heavy (non-hydrogen) atoms. The molecular weight excluding hydrogens is 346 g/mol. The number of hydrogen-bond donors (Lipinski definition) is 1. The first-order valence-corrected chi connectivity index (χ1v) is 9.48. The zero-order valence-electron chi connectivity index (χ0n) is 15.3. The summed E-state index contributed by atoms with van der Waals surface area (Å²) in [5.74, 6) is 2.69. The van der Waals surface area contributed by atoms with Crippen LogP contribution in [0.25, 0.3) is 6.08 Å². The van der Waals surface area contributed by atoms with Gasteiger partial charge in [-0.05, 0) is 24.6 Å². The molecule has 2 aliphatic rings. The van der Waals surface area contributed by atoms with E-state index in [2.05, 4.69) is 31.1 Å². The van der Waals surface area contributed by atoms with Crippen LogP contribution in [0.3, 0.4) is 0 Å². The minimum absolute atomic E-state index is 0.0343. The maximum Gasteiger partial charge on any atom is 0.225 e. The third kappa shape index (κ3) is 4.45. The van der Waals surface area contributed by atoms with Crippen LogP contribution in [0.2, 0.25) is 0 Å². The number of hydrogen-bond acceptors (Lipinski definition) is 6. The molecular formula is C19H25N5O3. The molecule has 1 fully saturated rings. The minimum atomic E-state index is -0.0343. The Hall–Kier alpha value is -2.45. The molecule has 0 saturated carbocycles. The summed E-state index contributed by atoms with van der Waals surface area (Å²) < 4.78 is 12.7. The number of nitrogens with one attached hydrogen (secondary N) is 1. The fourth-order valence-corrected chi connectivity index (χ4v) is 3.50. The summed E-state index contributed by atoms with van der Waals surface area (Å²) in [6.45, 7) is 5.16. The van der Waals surface area contributed by atoms with Gasteiger partial charge in [-0.3, -0.25) is 9.69 Å². The number of nitrogens with zero attached hydrogens (tertiary/aromatic N) is 4. The van der Waals surface area contributed by atoms with Crippen LogP contribution in [-0.4, -0.2) is 58.4 Å². The predicted octanol–water partition coefficient (Wildman–Crippen LogP) is 1.10. The van der Waals surface area contributed by atoms with Crippen LogP contribution in [-0.2, 0) is 29.0 Å². The number of ether oxygens (including phenoxy) is 1. The normalized spacial score (nSPS) is 20.7. The average Bonchev–Trinajstić information content (AvgIpc) is 3.42. The van der Waals surface area contributed by atoms with Gasteiger partial charge in [0.15, 0.2) is 5.82 Å². The third-order valence-electron chi connectivity index (χ3n) is 5.11. The molecule has 1 atom stereocenters. The largest absolute Gasteiger partial charge is 0.465 e. The summed E-state index contributed by atoms with van der Waals surface area (Å²) in [7, 11) is 0. The average molecular weight is 371 g/mol. The standard InChI is InChI=1S/C19H25N5O3/c25-19(15-6-12-26-14-15)20-13-18-22-21-17-5-8-23(9-10-24(17)18)7-1-3-16-4-2-11-27-16/h1-4,11,15H,5-10,12-14H2,(H,20,25)/b3-1+. The van der Waals surface area contributed by atoms with Gasteiger partial charge >= 0.3 is 0 Å². The first-order chi connectivity index (χ1) is 13.3. The highest BCUT2D eigenvalue weighted by Gasteiger charge is 2.24. The molecule has 1 amide bonds. The predicted molar refractivity (Wildman–Crippen MR) is 98.7 cm³/mol. The topological polar surface area (TPSA) is 85.4 Å². The minimum Gasteiger partial charge on any atom is -0.465 e. The Morgan fingerprint density at radius 2 is 2.30 bits per heavy atom. The Bertz CT molecular complexity index is 777. The quantitative estimate of drug-likeness (QED) is 0.818. The molecule has 8 heteroatoms. The van der Waals surface area contributed by atoms with E-state index < -0.39 is 0 Å². The van der Waals surface area contributed by atoms with Crippen LogP contribution in [0, 0.1) is 5.92 Å². The van der Waals surface area contributed by atoms with Crippen molar-refractivity contribution < 1.29 is 13.9 Å². The van der Waals surface area contributed by atoms with E-state index in [0.717, 1.165) is 56.4 Å². The SMILES string of the molecule is O=C(NCc1nnc2n1CCN(C/C=C/c1ccco1)CC2)C1CCOC1. The summed E-state index contributed by atoms with van der Waals surface area (Å²) in [5, 5.41) is 11.6. The molecule has 0 aromatic carbocycles. The molecule has 0 bridgehead atoms. The zero-order chi connectivity index (χ0) is 18.5. The van der Waals surface area contributed by atoms with Gasteiger partial charge in [0.25, 0.3) is 0 Å². The number of aromatic nitrogens is 3. The number of fused-ring (bicyclic) bond motifs is 1. The van der Waals surface area contributed by atoms with Crippen molar-refractivity contribution in [1.29, 1.82) is 0 Å². The molecule has 144 valence electrons. The number of rotatable bonds is 6. The van der Waals surface area contributed by atoms with Gasteiger partial charge in [-0.25, -0.2) is 0 Å². The second-order valence-electron chi connectivity index (χ2n) is 6.93. The third-order valence-corrected chi connectivity index (χ3v) is 5.11. The highest BCUT2D eigenvalue weighted by atomic mass is 16.5. The number of amides is 1. The first kappa shape index (κ1) is 17.9. The van der Waals surface area contributed by atoms with Crippen molar-refractivity contribution in [3.63, 3.8) is 0 Å². The molecule has 0 aliphatic carbocycles. The van der Waals surface area contributed by atoms with E-state index in [-0.39, 0.29) is 11.8 Å². The van der Waals surface area contributed by atoms with Gasteiger partial charge in [0.2, 0.25) is 5.91 Å². The molecule has 4 rings (SSSR count). The van der Waals surface area contributed by atoms with Gasteiger partial charge in [-0.2, -0.15) is 0 Å². The second-order valence-corrected chi connectivity index (χ2v) is 6.93. The molecule has 1 unspecified atom stereocenters. The lowest BCUT2D eigenvalue weighted by Crippen LogP contribution is -2.32. The highest BCUT2D eigenvalue weighted by Crippen LogP contribution is 2.13. The Balaban J connectivity index is 1.29. The van der Waals surface area contributed by atoms with E-state index in [9.17, 15) is 4.79 Å². The molecule has 8 nitrogen and oxygen atoms in total. The lowest BCUT2D eigenvalue weighted by molar-refractivity contribution is -0.125. The van der Waals surface area contributed by atoms with Gasteiger partial charge in [-0.15, -0.1) is 10.2 Å². The number of furan rings is 1. The summed E-state index contributed by atoms with van der Waals surface area (Å²) in [6, 6.07) is 3.83. The van der Waals surface area contributed by atoms with E-state index in [0.29, 0.717) is 19.8 Å². The van der Waals surface area contributed by atoms with E-state index in [4.69, 9.17) is 9.15 Å². The Labute approximate surface area is 158 Å². The van der Waals surface area contributed by atoms with Crippen LogP contribution in [0.15, 0.2) is 28.9 Å². The van der Waals surface area contributed by atoms with Crippen LogP contribution in [0.4, 0.5) is 0 Å². The summed E-state index contributed by atoms with van der Waals surface area (Å²) in [5.41, 5.74) is 0. The van der Waals surface area contributed by atoms with Crippen molar-refractivity contribution >= 4 is 12.0 Å². The maximum absolute atomic E-state index is 12.2. The number of carbonyl (C=O) groups excluding carboxylic acids is 1. The van der Waals surface area contributed by atoms with Crippen molar-refractivity contribution in [1.82, 2.24) is 25.0 Å². The molecule has 0 radical (unpaired) electrons. The molecule has 2 aromatic rings. The van der Waals surface area contributed by atoms with Gasteiger partial charge in [0.1, 0.15) is 11.6 Å². The van der Waals surface area contributed by atoms with E-state index in [1.807, 2.05) is 18.2 Å². The van der Waals surface area contributed by atoms with Crippen molar-refractivity contribution in [2.75, 3.05) is 32.8 Å². The monoisotopic (exact) mass is 371 g/mol. The van der Waals surface area contributed by atoms with Crippen LogP contribution in [0.5, 0.6) is 0 Å². The summed E-state index contributed by atoms with van der Waals surface area (Å²) in [4.78, 5) is 14.6. The zero-order valence-corrected chi connectivity index (χ0v) is 15.3. The highest BCUT2D eigenvalue weighted by molar-refractivity contribution is 5.78. The fourth-order valence-electron chi connectivity index (χ4n) is 3.50. The van der Waals surface area contributed by atoms with Crippen LogP contribution < -0.4 is 5.32 Å². The summed E-state index contributed by atoms with van der Waals surface area (Å²) >= 11 is 0. The maximum atomic E-state index is 12.2. The summed E-state index contributed by atoms with van der Waals surface area (Å²) in [6.07, 6.45) is 7.45. The van der Waals surface area contributed by atoms with Gasteiger partial charge in [0, 0.05) is 39.2 Å². The van der Waals surface area contributed by atoms with Crippen molar-refractivity contribution in [3.05, 3.63) is 41.9 Å².